The van der Waals surface area contributed by atoms with Crippen molar-refractivity contribution in [2.45, 2.75) is 19.8 Å². The third-order valence-corrected chi connectivity index (χ3v) is 5.58. The SMILES string of the molecule is CCNC(=NCCCCN1CCOCC1)N1CCN(c2cccc(OC)c2)CC1. The van der Waals surface area contributed by atoms with Gasteiger partial charge in [-0.2, -0.15) is 0 Å². The van der Waals surface area contributed by atoms with Crippen molar-refractivity contribution >= 4 is 11.6 Å². The predicted octanol–water partition coefficient (Wildman–Crippen LogP) is 1.90. The molecular formula is C22H37N5O2. The molecule has 0 amide bonds. The summed E-state index contributed by atoms with van der Waals surface area (Å²) < 4.78 is 10.8. The number of hydrogen-bond donors (Lipinski definition) is 1. The lowest BCUT2D eigenvalue weighted by atomic mass is 10.2. The Bertz CT molecular complexity index is 625. The van der Waals surface area contributed by atoms with Crippen LogP contribution in [0, 0.1) is 0 Å². The van der Waals surface area contributed by atoms with Crippen molar-refractivity contribution in [2.75, 3.05) is 84.1 Å². The summed E-state index contributed by atoms with van der Waals surface area (Å²) in [5.74, 6) is 1.97. The molecule has 1 aromatic carbocycles. The van der Waals surface area contributed by atoms with Crippen molar-refractivity contribution in [3.8, 4) is 5.75 Å². The van der Waals surface area contributed by atoms with Crippen molar-refractivity contribution in [2.24, 2.45) is 4.99 Å². The molecule has 0 radical (unpaired) electrons. The molecule has 7 heteroatoms. The molecule has 0 saturated carbocycles. The highest BCUT2D eigenvalue weighted by molar-refractivity contribution is 5.80. The van der Waals surface area contributed by atoms with E-state index in [4.69, 9.17) is 14.5 Å². The number of rotatable bonds is 8. The number of hydrogen-bond acceptors (Lipinski definition) is 5. The molecule has 2 aliphatic heterocycles. The normalized spacial score (nSPS) is 18.8. The van der Waals surface area contributed by atoms with Crippen LogP contribution in [0.1, 0.15) is 19.8 Å². The van der Waals surface area contributed by atoms with Crippen LogP contribution in [-0.4, -0.2) is 95.0 Å². The Morgan fingerprint density at radius 1 is 1.10 bits per heavy atom. The Morgan fingerprint density at radius 2 is 1.90 bits per heavy atom. The van der Waals surface area contributed by atoms with Crippen molar-refractivity contribution < 1.29 is 9.47 Å². The number of nitrogens with one attached hydrogen (secondary N) is 1. The van der Waals surface area contributed by atoms with E-state index in [2.05, 4.69) is 45.1 Å². The average molecular weight is 404 g/mol. The van der Waals surface area contributed by atoms with Gasteiger partial charge in [0.15, 0.2) is 5.96 Å². The molecule has 0 bridgehead atoms. The first kappa shape index (κ1) is 21.7. The van der Waals surface area contributed by atoms with Gasteiger partial charge < -0.3 is 24.6 Å². The summed E-state index contributed by atoms with van der Waals surface area (Å²) in [5.41, 5.74) is 1.23. The van der Waals surface area contributed by atoms with E-state index in [0.29, 0.717) is 0 Å². The maximum absolute atomic E-state index is 5.41. The summed E-state index contributed by atoms with van der Waals surface area (Å²) in [6.07, 6.45) is 2.34. The first-order valence-corrected chi connectivity index (χ1v) is 11.0. The third-order valence-electron chi connectivity index (χ3n) is 5.58. The largest absolute Gasteiger partial charge is 0.497 e. The van der Waals surface area contributed by atoms with E-state index in [1.807, 2.05) is 6.07 Å². The minimum absolute atomic E-state index is 0.879. The van der Waals surface area contributed by atoms with E-state index in [9.17, 15) is 0 Å². The van der Waals surface area contributed by atoms with Gasteiger partial charge in [-0.3, -0.25) is 9.89 Å². The Labute approximate surface area is 175 Å². The molecule has 3 rings (SSSR count). The van der Waals surface area contributed by atoms with Gasteiger partial charge in [-0.15, -0.1) is 0 Å². The fraction of sp³-hybridized carbons (Fsp3) is 0.682. The standard InChI is InChI=1S/C22H37N5O2/c1-3-23-22(24-9-4-5-10-25-15-17-29-18-16-25)27-13-11-26(12-14-27)20-7-6-8-21(19-20)28-2/h6-8,19H,3-5,9-18H2,1-2H3,(H,23,24). The lowest BCUT2D eigenvalue weighted by Crippen LogP contribution is -2.52. The van der Waals surface area contributed by atoms with Gasteiger partial charge in [0.25, 0.3) is 0 Å². The molecule has 2 fully saturated rings. The van der Waals surface area contributed by atoms with Crippen LogP contribution in [0.4, 0.5) is 5.69 Å². The molecule has 7 nitrogen and oxygen atoms in total. The van der Waals surface area contributed by atoms with E-state index in [1.54, 1.807) is 7.11 Å². The minimum Gasteiger partial charge on any atom is -0.497 e. The number of guanidine groups is 1. The Hall–Kier alpha value is -1.99. The average Bonchev–Trinajstić information content (AvgIpc) is 2.79. The summed E-state index contributed by atoms with van der Waals surface area (Å²) in [7, 11) is 1.72. The number of aliphatic imine (C=N–C) groups is 1. The Kier molecular flexibility index (Phi) is 8.89. The van der Waals surface area contributed by atoms with E-state index in [1.165, 1.54) is 12.1 Å². The number of anilines is 1. The topological polar surface area (TPSA) is 52.6 Å². The van der Waals surface area contributed by atoms with E-state index >= 15 is 0 Å². The zero-order valence-corrected chi connectivity index (χ0v) is 18.1. The van der Waals surface area contributed by atoms with Crippen LogP contribution in [-0.2, 0) is 4.74 Å². The second-order valence-electron chi connectivity index (χ2n) is 7.57. The maximum atomic E-state index is 5.41. The summed E-state index contributed by atoms with van der Waals surface area (Å²) in [6, 6.07) is 8.33. The molecule has 29 heavy (non-hydrogen) atoms. The summed E-state index contributed by atoms with van der Waals surface area (Å²) in [5, 5.41) is 3.48. The molecule has 1 N–H and O–H groups in total. The third kappa shape index (κ3) is 6.78. The fourth-order valence-electron chi connectivity index (χ4n) is 3.87. The zero-order chi connectivity index (χ0) is 20.3. The molecule has 0 aliphatic carbocycles. The van der Waals surface area contributed by atoms with Gasteiger partial charge in [-0.25, -0.2) is 0 Å². The molecule has 2 heterocycles. The van der Waals surface area contributed by atoms with Crippen molar-refractivity contribution in [1.82, 2.24) is 15.1 Å². The molecule has 0 aromatic heterocycles. The number of unbranched alkanes of at least 4 members (excludes halogenated alkanes) is 1. The van der Waals surface area contributed by atoms with Gasteiger partial charge in [-0.1, -0.05) is 6.07 Å². The summed E-state index contributed by atoms with van der Waals surface area (Å²) in [6.45, 7) is 13.0. The maximum Gasteiger partial charge on any atom is 0.194 e. The van der Waals surface area contributed by atoms with Gasteiger partial charge in [0, 0.05) is 64.1 Å². The number of benzene rings is 1. The molecule has 0 spiro atoms. The molecule has 2 saturated heterocycles. The number of methoxy groups -OCH3 is 1. The second-order valence-corrected chi connectivity index (χ2v) is 7.57. The highest BCUT2D eigenvalue weighted by Crippen LogP contribution is 2.22. The van der Waals surface area contributed by atoms with Crippen LogP contribution in [0.15, 0.2) is 29.3 Å². The Balaban J connectivity index is 1.43. The molecular weight excluding hydrogens is 366 g/mol. The van der Waals surface area contributed by atoms with Gasteiger partial charge in [0.2, 0.25) is 0 Å². The van der Waals surface area contributed by atoms with Gasteiger partial charge in [0.05, 0.1) is 20.3 Å². The summed E-state index contributed by atoms with van der Waals surface area (Å²) >= 11 is 0. The van der Waals surface area contributed by atoms with Crippen molar-refractivity contribution in [1.29, 1.82) is 0 Å². The molecule has 0 atom stereocenters. The fourth-order valence-corrected chi connectivity index (χ4v) is 3.87. The number of ether oxygens (including phenoxy) is 2. The first-order valence-electron chi connectivity index (χ1n) is 11.0. The number of nitrogens with zero attached hydrogens (tertiary/aromatic N) is 4. The second kappa shape index (κ2) is 11.9. The van der Waals surface area contributed by atoms with Crippen LogP contribution < -0.4 is 15.0 Å². The van der Waals surface area contributed by atoms with Crippen molar-refractivity contribution in [3.63, 3.8) is 0 Å². The van der Waals surface area contributed by atoms with Gasteiger partial charge >= 0.3 is 0 Å². The lowest BCUT2D eigenvalue weighted by molar-refractivity contribution is 0.0373. The molecule has 1 aromatic rings. The van der Waals surface area contributed by atoms with Gasteiger partial charge in [-0.05, 0) is 38.4 Å². The van der Waals surface area contributed by atoms with Gasteiger partial charge in [0.1, 0.15) is 5.75 Å². The highest BCUT2D eigenvalue weighted by Gasteiger charge is 2.20. The van der Waals surface area contributed by atoms with E-state index in [0.717, 1.165) is 90.2 Å². The van der Waals surface area contributed by atoms with Crippen LogP contribution >= 0.6 is 0 Å². The molecule has 2 aliphatic rings. The minimum atomic E-state index is 0.879. The van der Waals surface area contributed by atoms with Crippen LogP contribution in [0.5, 0.6) is 5.75 Å². The van der Waals surface area contributed by atoms with E-state index < -0.39 is 0 Å². The highest BCUT2D eigenvalue weighted by atomic mass is 16.5. The molecule has 0 unspecified atom stereocenters. The van der Waals surface area contributed by atoms with Crippen LogP contribution in [0.2, 0.25) is 0 Å². The zero-order valence-electron chi connectivity index (χ0n) is 18.1. The van der Waals surface area contributed by atoms with E-state index in [-0.39, 0.29) is 0 Å². The monoisotopic (exact) mass is 403 g/mol. The Morgan fingerprint density at radius 3 is 2.62 bits per heavy atom. The number of piperazine rings is 1. The quantitative estimate of drug-likeness (QED) is 0.406. The predicted molar refractivity (Wildman–Crippen MR) is 119 cm³/mol. The smallest absolute Gasteiger partial charge is 0.194 e. The van der Waals surface area contributed by atoms with Crippen LogP contribution in [0.25, 0.3) is 0 Å². The first-order chi connectivity index (χ1) is 14.3. The molecule has 162 valence electrons. The summed E-state index contributed by atoms with van der Waals surface area (Å²) in [4.78, 5) is 12.2. The van der Waals surface area contributed by atoms with Crippen LogP contribution in [0.3, 0.4) is 0 Å². The lowest BCUT2D eigenvalue weighted by Gasteiger charge is -2.37. The van der Waals surface area contributed by atoms with Crippen molar-refractivity contribution in [3.05, 3.63) is 24.3 Å². The number of morpholine rings is 1.